The average Bonchev–Trinajstić information content (AvgIpc) is 2.18. The summed E-state index contributed by atoms with van der Waals surface area (Å²) in [6, 6.07) is 0. The Morgan fingerprint density at radius 2 is 2.43 bits per heavy atom. The molecule has 5 nitrogen and oxygen atoms in total. The second-order valence-electron chi connectivity index (χ2n) is 2.83. The van der Waals surface area contributed by atoms with Crippen LogP contribution in [0.15, 0.2) is 16.1 Å². The smallest absolute Gasteiger partial charge is 0.279 e. The van der Waals surface area contributed by atoms with Crippen molar-refractivity contribution in [3.05, 3.63) is 22.4 Å². The van der Waals surface area contributed by atoms with Gasteiger partial charge in [-0.2, -0.15) is 0 Å². The normalized spacial score (nSPS) is 10.1. The van der Waals surface area contributed by atoms with Crippen molar-refractivity contribution in [1.29, 1.82) is 0 Å². The zero-order valence-corrected chi connectivity index (χ0v) is 8.36. The molecule has 0 spiro atoms. The number of rotatable bonds is 4. The summed E-state index contributed by atoms with van der Waals surface area (Å²) in [5, 5.41) is 0. The third-order valence-corrected chi connectivity index (χ3v) is 1.89. The third kappa shape index (κ3) is 2.05. The van der Waals surface area contributed by atoms with Crippen LogP contribution in [0.25, 0.3) is 0 Å². The van der Waals surface area contributed by atoms with Crippen molar-refractivity contribution < 1.29 is 4.74 Å². The van der Waals surface area contributed by atoms with Gasteiger partial charge in [-0.3, -0.25) is 14.4 Å². The molecule has 14 heavy (non-hydrogen) atoms. The lowest BCUT2D eigenvalue weighted by molar-refractivity contribution is 0.186. The predicted molar refractivity (Wildman–Crippen MR) is 54.3 cm³/mol. The maximum atomic E-state index is 11.7. The van der Waals surface area contributed by atoms with Crippen molar-refractivity contribution in [3.63, 3.8) is 0 Å². The Balaban J connectivity index is 3.09. The Bertz CT molecular complexity index is 384. The summed E-state index contributed by atoms with van der Waals surface area (Å²) >= 11 is 0. The highest BCUT2D eigenvalue weighted by molar-refractivity contribution is 5.46. The number of aromatic nitrogens is 2. The zero-order valence-electron chi connectivity index (χ0n) is 8.36. The maximum Gasteiger partial charge on any atom is 0.279 e. The fourth-order valence-electron chi connectivity index (χ4n) is 1.09. The van der Waals surface area contributed by atoms with E-state index < -0.39 is 0 Å². The number of nitrogens with zero attached hydrogens (tertiary/aromatic N) is 3. The van der Waals surface area contributed by atoms with Crippen LogP contribution in [0.4, 0.5) is 5.69 Å². The maximum absolute atomic E-state index is 11.7. The lowest BCUT2D eigenvalue weighted by atomic mass is 10.4. The molecule has 1 aromatic heterocycles. The van der Waals surface area contributed by atoms with E-state index >= 15 is 0 Å². The molecule has 0 N–H and O–H groups in total. The van der Waals surface area contributed by atoms with Gasteiger partial charge in [0.05, 0.1) is 25.2 Å². The third-order valence-electron chi connectivity index (χ3n) is 1.89. The summed E-state index contributed by atoms with van der Waals surface area (Å²) in [6.45, 7) is 6.02. The average molecular weight is 195 g/mol. The zero-order chi connectivity index (χ0) is 10.6. The van der Waals surface area contributed by atoms with Crippen molar-refractivity contribution >= 4 is 12.4 Å². The minimum atomic E-state index is -0.176. The molecule has 0 fully saturated rings. The topological polar surface area (TPSA) is 56.5 Å². The van der Waals surface area contributed by atoms with Crippen LogP contribution in [-0.2, 0) is 11.3 Å². The number of aliphatic imine (C=N–C) groups is 1. The molecular formula is C9H13N3O2. The minimum Gasteiger partial charge on any atom is -0.383 e. The van der Waals surface area contributed by atoms with E-state index in [1.54, 1.807) is 14.0 Å². The van der Waals surface area contributed by atoms with Gasteiger partial charge in [0.2, 0.25) is 0 Å². The van der Waals surface area contributed by atoms with Crippen molar-refractivity contribution in [2.45, 2.75) is 13.5 Å². The molecule has 1 rings (SSSR count). The summed E-state index contributed by atoms with van der Waals surface area (Å²) < 4.78 is 6.33. The molecule has 0 bridgehead atoms. The second-order valence-corrected chi connectivity index (χ2v) is 2.83. The summed E-state index contributed by atoms with van der Waals surface area (Å²) in [5.74, 6) is 0. The van der Waals surface area contributed by atoms with E-state index in [-0.39, 0.29) is 5.56 Å². The van der Waals surface area contributed by atoms with Crippen LogP contribution in [0.2, 0.25) is 0 Å². The molecule has 0 radical (unpaired) electrons. The van der Waals surface area contributed by atoms with Gasteiger partial charge in [-0.15, -0.1) is 0 Å². The quantitative estimate of drug-likeness (QED) is 0.658. The van der Waals surface area contributed by atoms with Crippen LogP contribution in [0, 0.1) is 6.92 Å². The first-order valence-corrected chi connectivity index (χ1v) is 4.22. The summed E-state index contributed by atoms with van der Waals surface area (Å²) in [6.07, 6.45) is 1.49. The molecule has 5 heteroatoms. The molecule has 1 aromatic rings. The Labute approximate surface area is 82.1 Å². The molecule has 0 atom stereocenters. The molecule has 0 saturated heterocycles. The van der Waals surface area contributed by atoms with E-state index in [4.69, 9.17) is 4.74 Å². The lowest BCUT2D eigenvalue weighted by Crippen LogP contribution is -2.22. The van der Waals surface area contributed by atoms with Gasteiger partial charge in [-0.1, -0.05) is 0 Å². The molecule has 0 aliphatic carbocycles. The molecule has 0 aliphatic heterocycles. The van der Waals surface area contributed by atoms with Gasteiger partial charge in [0.15, 0.2) is 0 Å². The summed E-state index contributed by atoms with van der Waals surface area (Å²) in [7, 11) is 1.58. The first kappa shape index (κ1) is 10.6. The first-order valence-electron chi connectivity index (χ1n) is 4.22. The van der Waals surface area contributed by atoms with Crippen LogP contribution in [0.1, 0.15) is 5.69 Å². The highest BCUT2D eigenvalue weighted by atomic mass is 16.5. The van der Waals surface area contributed by atoms with Gasteiger partial charge in [-0.25, -0.2) is 4.98 Å². The highest BCUT2D eigenvalue weighted by Gasteiger charge is 2.05. The van der Waals surface area contributed by atoms with Crippen LogP contribution >= 0.6 is 0 Å². The minimum absolute atomic E-state index is 0.176. The van der Waals surface area contributed by atoms with Gasteiger partial charge >= 0.3 is 0 Å². The standard InChI is InChI=1S/C9H13N3O2/c1-7-8(10-2)9(13)12(6-11-7)4-5-14-3/h6H,2,4-5H2,1,3H3. The van der Waals surface area contributed by atoms with Crippen LogP contribution in [-0.4, -0.2) is 30.0 Å². The Morgan fingerprint density at radius 3 is 3.00 bits per heavy atom. The molecule has 1 heterocycles. The monoisotopic (exact) mass is 195 g/mol. The van der Waals surface area contributed by atoms with Crippen LogP contribution in [0.5, 0.6) is 0 Å². The predicted octanol–water partition coefficient (Wildman–Crippen LogP) is 0.530. The van der Waals surface area contributed by atoms with E-state index in [9.17, 15) is 4.79 Å². The largest absolute Gasteiger partial charge is 0.383 e. The van der Waals surface area contributed by atoms with E-state index in [0.717, 1.165) is 0 Å². The Hall–Kier alpha value is -1.49. The fourth-order valence-corrected chi connectivity index (χ4v) is 1.09. The molecule has 0 unspecified atom stereocenters. The fraction of sp³-hybridized carbons (Fsp3) is 0.444. The van der Waals surface area contributed by atoms with Gasteiger partial charge in [0.1, 0.15) is 5.69 Å². The lowest BCUT2D eigenvalue weighted by Gasteiger charge is -2.05. The number of methoxy groups -OCH3 is 1. The van der Waals surface area contributed by atoms with Crippen molar-refractivity contribution in [3.8, 4) is 0 Å². The molecule has 76 valence electrons. The number of ether oxygens (including phenoxy) is 1. The second kappa shape index (κ2) is 4.66. The van der Waals surface area contributed by atoms with Gasteiger partial charge in [-0.05, 0) is 13.6 Å². The number of aryl methyl sites for hydroxylation is 1. The molecule has 0 aliphatic rings. The summed E-state index contributed by atoms with van der Waals surface area (Å²) in [5.41, 5.74) is 0.729. The number of hydrogen-bond acceptors (Lipinski definition) is 4. The molecule has 0 amide bonds. The van der Waals surface area contributed by atoms with Crippen molar-refractivity contribution in [2.24, 2.45) is 4.99 Å². The van der Waals surface area contributed by atoms with E-state index in [0.29, 0.717) is 24.5 Å². The number of hydrogen-bond donors (Lipinski definition) is 0. The van der Waals surface area contributed by atoms with Crippen LogP contribution in [0.3, 0.4) is 0 Å². The molecule has 0 saturated carbocycles. The van der Waals surface area contributed by atoms with E-state index in [2.05, 4.69) is 16.7 Å². The van der Waals surface area contributed by atoms with Crippen LogP contribution < -0.4 is 5.56 Å². The van der Waals surface area contributed by atoms with Gasteiger partial charge in [0, 0.05) is 7.11 Å². The van der Waals surface area contributed by atoms with Gasteiger partial charge < -0.3 is 4.74 Å². The van der Waals surface area contributed by atoms with Gasteiger partial charge in [0.25, 0.3) is 5.56 Å². The molecule has 0 aromatic carbocycles. The highest BCUT2D eigenvalue weighted by Crippen LogP contribution is 2.06. The first-order chi connectivity index (χ1) is 6.70. The van der Waals surface area contributed by atoms with Crippen molar-refractivity contribution in [2.75, 3.05) is 13.7 Å². The van der Waals surface area contributed by atoms with E-state index in [1.807, 2.05) is 0 Å². The SMILES string of the molecule is C=Nc1c(C)ncn(CCOC)c1=O. The van der Waals surface area contributed by atoms with Crippen molar-refractivity contribution in [1.82, 2.24) is 9.55 Å². The molecular weight excluding hydrogens is 182 g/mol. The van der Waals surface area contributed by atoms with E-state index in [1.165, 1.54) is 10.9 Å². The Kier molecular flexibility index (Phi) is 3.53. The summed E-state index contributed by atoms with van der Waals surface area (Å²) in [4.78, 5) is 19.3. The Morgan fingerprint density at radius 1 is 1.71 bits per heavy atom.